The van der Waals surface area contributed by atoms with Crippen LogP contribution in [0.4, 0.5) is 5.69 Å². The molecule has 0 aliphatic heterocycles. The first kappa shape index (κ1) is 13.1. The Morgan fingerprint density at radius 3 is 2.79 bits per heavy atom. The summed E-state index contributed by atoms with van der Waals surface area (Å²) in [4.78, 5) is 15.1. The molecule has 2 N–H and O–H groups in total. The van der Waals surface area contributed by atoms with Gasteiger partial charge in [0, 0.05) is 30.5 Å². The van der Waals surface area contributed by atoms with Gasteiger partial charge in [0.1, 0.15) is 0 Å². The van der Waals surface area contributed by atoms with E-state index in [-0.39, 0.29) is 0 Å². The van der Waals surface area contributed by atoms with Crippen molar-refractivity contribution in [3.05, 3.63) is 59.4 Å². The zero-order valence-corrected chi connectivity index (χ0v) is 10.8. The number of aromatic carboxylic acids is 1. The molecule has 98 valence electrons. The Labute approximate surface area is 112 Å². The van der Waals surface area contributed by atoms with Crippen molar-refractivity contribution in [3.63, 3.8) is 0 Å². The molecule has 0 bridgehead atoms. The van der Waals surface area contributed by atoms with E-state index in [2.05, 4.69) is 10.3 Å². The van der Waals surface area contributed by atoms with Crippen LogP contribution in [0.25, 0.3) is 0 Å². The molecule has 2 aromatic rings. The third-order valence-corrected chi connectivity index (χ3v) is 2.90. The molecule has 1 heterocycles. The highest BCUT2D eigenvalue weighted by atomic mass is 16.4. The maximum atomic E-state index is 10.8. The number of hydrogen-bond donors (Lipinski definition) is 2. The number of anilines is 1. The van der Waals surface area contributed by atoms with E-state index in [4.69, 9.17) is 5.11 Å². The van der Waals surface area contributed by atoms with Crippen molar-refractivity contribution in [2.75, 3.05) is 11.9 Å². The molecule has 2 rings (SSSR count). The van der Waals surface area contributed by atoms with Crippen molar-refractivity contribution in [1.29, 1.82) is 0 Å². The van der Waals surface area contributed by atoms with Crippen LogP contribution in [0.15, 0.2) is 42.6 Å². The Hall–Kier alpha value is -2.36. The average molecular weight is 256 g/mol. The summed E-state index contributed by atoms with van der Waals surface area (Å²) in [5.41, 5.74) is 3.24. The predicted molar refractivity (Wildman–Crippen MR) is 74.6 cm³/mol. The topological polar surface area (TPSA) is 62.2 Å². The molecule has 4 heteroatoms. The maximum Gasteiger partial charge on any atom is 0.335 e. The van der Waals surface area contributed by atoms with E-state index in [9.17, 15) is 4.79 Å². The smallest absolute Gasteiger partial charge is 0.335 e. The Kier molecular flexibility index (Phi) is 4.13. The monoisotopic (exact) mass is 256 g/mol. The van der Waals surface area contributed by atoms with Crippen LogP contribution in [0.1, 0.15) is 21.6 Å². The predicted octanol–water partition coefficient (Wildman–Crippen LogP) is 2.74. The molecule has 0 radical (unpaired) electrons. The van der Waals surface area contributed by atoms with Crippen LogP contribution in [0, 0.1) is 6.92 Å². The van der Waals surface area contributed by atoms with Gasteiger partial charge in [-0.3, -0.25) is 4.98 Å². The third-order valence-electron chi connectivity index (χ3n) is 2.90. The fourth-order valence-electron chi connectivity index (χ4n) is 1.87. The number of aromatic nitrogens is 1. The SMILES string of the molecule is Cc1cc(C(=O)O)ccc1NCCc1ccccn1. The molecule has 0 saturated heterocycles. The summed E-state index contributed by atoms with van der Waals surface area (Å²) in [5, 5.41) is 12.2. The molecule has 0 aliphatic rings. The largest absolute Gasteiger partial charge is 0.478 e. The number of carbonyl (C=O) groups is 1. The lowest BCUT2D eigenvalue weighted by Crippen LogP contribution is -2.07. The minimum absolute atomic E-state index is 0.313. The maximum absolute atomic E-state index is 10.8. The van der Waals surface area contributed by atoms with E-state index in [1.54, 1.807) is 24.4 Å². The summed E-state index contributed by atoms with van der Waals surface area (Å²) in [6, 6.07) is 10.9. The number of rotatable bonds is 5. The second-order valence-corrected chi connectivity index (χ2v) is 4.33. The van der Waals surface area contributed by atoms with Crippen LogP contribution in [0.5, 0.6) is 0 Å². The Bertz CT molecular complexity index is 568. The standard InChI is InChI=1S/C15H16N2O2/c1-11-10-12(15(18)19)5-6-14(11)17-9-7-13-4-2-3-8-16-13/h2-6,8,10,17H,7,9H2,1H3,(H,18,19). The van der Waals surface area contributed by atoms with Crippen molar-refractivity contribution in [1.82, 2.24) is 4.98 Å². The number of hydrogen-bond acceptors (Lipinski definition) is 3. The molecular weight excluding hydrogens is 240 g/mol. The fraction of sp³-hybridized carbons (Fsp3) is 0.200. The van der Waals surface area contributed by atoms with Crippen LogP contribution >= 0.6 is 0 Å². The van der Waals surface area contributed by atoms with Crippen molar-refractivity contribution in [2.24, 2.45) is 0 Å². The molecule has 0 aliphatic carbocycles. The van der Waals surface area contributed by atoms with E-state index >= 15 is 0 Å². The van der Waals surface area contributed by atoms with Crippen LogP contribution < -0.4 is 5.32 Å². The summed E-state index contributed by atoms with van der Waals surface area (Å²) in [6.45, 7) is 2.67. The fourth-order valence-corrected chi connectivity index (χ4v) is 1.87. The Morgan fingerprint density at radius 1 is 1.32 bits per heavy atom. The minimum atomic E-state index is -0.900. The van der Waals surface area contributed by atoms with Crippen molar-refractivity contribution in [2.45, 2.75) is 13.3 Å². The number of nitrogens with one attached hydrogen (secondary N) is 1. The summed E-state index contributed by atoms with van der Waals surface area (Å²) >= 11 is 0. The zero-order valence-electron chi connectivity index (χ0n) is 10.8. The minimum Gasteiger partial charge on any atom is -0.478 e. The van der Waals surface area contributed by atoms with Gasteiger partial charge in [-0.2, -0.15) is 0 Å². The highest BCUT2D eigenvalue weighted by molar-refractivity contribution is 5.88. The lowest BCUT2D eigenvalue weighted by molar-refractivity contribution is 0.0697. The molecule has 0 atom stereocenters. The van der Waals surface area contributed by atoms with Crippen molar-refractivity contribution >= 4 is 11.7 Å². The molecule has 0 fully saturated rings. The number of nitrogens with zero attached hydrogens (tertiary/aromatic N) is 1. The molecule has 0 spiro atoms. The van der Waals surface area contributed by atoms with Gasteiger partial charge in [-0.1, -0.05) is 6.07 Å². The lowest BCUT2D eigenvalue weighted by Gasteiger charge is -2.10. The van der Waals surface area contributed by atoms with Crippen molar-refractivity contribution in [3.8, 4) is 0 Å². The first-order chi connectivity index (χ1) is 9.16. The van der Waals surface area contributed by atoms with Gasteiger partial charge >= 0.3 is 5.97 Å². The van der Waals surface area contributed by atoms with E-state index in [0.29, 0.717) is 5.56 Å². The number of aryl methyl sites for hydroxylation is 1. The third kappa shape index (κ3) is 3.55. The molecule has 1 aromatic heterocycles. The van der Waals surface area contributed by atoms with Crippen LogP contribution in [-0.4, -0.2) is 22.6 Å². The molecular formula is C15H16N2O2. The van der Waals surface area contributed by atoms with E-state index in [1.807, 2.05) is 25.1 Å². The molecule has 19 heavy (non-hydrogen) atoms. The highest BCUT2D eigenvalue weighted by Crippen LogP contribution is 2.16. The quantitative estimate of drug-likeness (QED) is 0.863. The summed E-state index contributed by atoms with van der Waals surface area (Å²) < 4.78 is 0. The van der Waals surface area contributed by atoms with Crippen LogP contribution in [0.2, 0.25) is 0 Å². The number of pyridine rings is 1. The molecule has 4 nitrogen and oxygen atoms in total. The average Bonchev–Trinajstić information content (AvgIpc) is 2.41. The van der Waals surface area contributed by atoms with E-state index in [1.165, 1.54) is 0 Å². The van der Waals surface area contributed by atoms with Gasteiger partial charge in [0.2, 0.25) is 0 Å². The van der Waals surface area contributed by atoms with Gasteiger partial charge in [0.25, 0.3) is 0 Å². The summed E-state index contributed by atoms with van der Waals surface area (Å²) in [6.07, 6.45) is 2.61. The normalized spacial score (nSPS) is 10.2. The second kappa shape index (κ2) is 6.00. The second-order valence-electron chi connectivity index (χ2n) is 4.33. The van der Waals surface area contributed by atoms with Crippen LogP contribution in [-0.2, 0) is 6.42 Å². The first-order valence-electron chi connectivity index (χ1n) is 6.14. The number of carboxylic acids is 1. The summed E-state index contributed by atoms with van der Waals surface area (Å²) in [5.74, 6) is -0.900. The van der Waals surface area contributed by atoms with Gasteiger partial charge in [-0.15, -0.1) is 0 Å². The highest BCUT2D eigenvalue weighted by Gasteiger charge is 2.05. The molecule has 0 unspecified atom stereocenters. The first-order valence-corrected chi connectivity index (χ1v) is 6.14. The van der Waals surface area contributed by atoms with Crippen LogP contribution in [0.3, 0.4) is 0 Å². The Morgan fingerprint density at radius 2 is 2.16 bits per heavy atom. The number of carboxylic acid groups (broad SMARTS) is 1. The van der Waals surface area contributed by atoms with E-state index in [0.717, 1.165) is 29.9 Å². The summed E-state index contributed by atoms with van der Waals surface area (Å²) in [7, 11) is 0. The molecule has 0 amide bonds. The Balaban J connectivity index is 1.95. The van der Waals surface area contributed by atoms with Crippen molar-refractivity contribution < 1.29 is 9.90 Å². The lowest BCUT2D eigenvalue weighted by atomic mass is 10.1. The van der Waals surface area contributed by atoms with Gasteiger partial charge < -0.3 is 10.4 Å². The van der Waals surface area contributed by atoms with Gasteiger partial charge in [0.05, 0.1) is 5.56 Å². The molecule has 1 aromatic carbocycles. The van der Waals surface area contributed by atoms with Gasteiger partial charge in [-0.25, -0.2) is 4.79 Å². The molecule has 0 saturated carbocycles. The zero-order chi connectivity index (χ0) is 13.7. The van der Waals surface area contributed by atoms with Gasteiger partial charge in [-0.05, 0) is 42.8 Å². The van der Waals surface area contributed by atoms with Gasteiger partial charge in [0.15, 0.2) is 0 Å². The number of benzene rings is 1. The van der Waals surface area contributed by atoms with E-state index < -0.39 is 5.97 Å².